The molecular formula is C34H44BrN3O7. The van der Waals surface area contributed by atoms with Crippen LogP contribution in [0, 0.1) is 17.8 Å². The third-order valence-electron chi connectivity index (χ3n) is 9.47. The van der Waals surface area contributed by atoms with E-state index in [0.717, 1.165) is 0 Å². The van der Waals surface area contributed by atoms with Gasteiger partial charge in [-0.2, -0.15) is 0 Å². The van der Waals surface area contributed by atoms with Crippen molar-refractivity contribution in [1.82, 2.24) is 15.1 Å². The number of rotatable bonds is 4. The van der Waals surface area contributed by atoms with Crippen LogP contribution in [0.1, 0.15) is 66.1 Å². The zero-order chi connectivity index (χ0) is 32.8. The molecule has 10 nitrogen and oxygen atoms in total. The van der Waals surface area contributed by atoms with E-state index in [9.17, 15) is 24.3 Å². The highest BCUT2D eigenvalue weighted by atomic mass is 79.9. The Hall–Kier alpha value is -3.02. The second kappa shape index (κ2) is 12.6. The van der Waals surface area contributed by atoms with Gasteiger partial charge in [0.25, 0.3) is 0 Å². The van der Waals surface area contributed by atoms with Crippen molar-refractivity contribution in [1.29, 1.82) is 0 Å². The van der Waals surface area contributed by atoms with Gasteiger partial charge in [0.1, 0.15) is 29.8 Å². The number of fused-ring (bicyclic) bond motifs is 2. The van der Waals surface area contributed by atoms with Crippen molar-refractivity contribution >= 4 is 39.6 Å². The van der Waals surface area contributed by atoms with Gasteiger partial charge < -0.3 is 29.7 Å². The van der Waals surface area contributed by atoms with Crippen molar-refractivity contribution in [3.05, 3.63) is 58.6 Å². The number of halogens is 1. The molecule has 2 saturated heterocycles. The van der Waals surface area contributed by atoms with Crippen LogP contribution in [-0.2, 0) is 28.7 Å². The van der Waals surface area contributed by atoms with E-state index in [2.05, 4.69) is 21.2 Å². The van der Waals surface area contributed by atoms with Crippen molar-refractivity contribution in [2.24, 2.45) is 17.8 Å². The summed E-state index contributed by atoms with van der Waals surface area (Å²) in [6.07, 6.45) is 4.50. The number of amides is 3. The number of allylic oxidation sites excluding steroid dienone is 1. The number of hydrogen-bond acceptors (Lipinski definition) is 7. The predicted octanol–water partition coefficient (Wildman–Crippen LogP) is 3.64. The average molecular weight is 687 g/mol. The maximum atomic E-state index is 14.8. The summed E-state index contributed by atoms with van der Waals surface area (Å²) in [5.74, 6) is -3.91. The molecule has 2 N–H and O–H groups in total. The molecular weight excluding hydrogens is 642 g/mol. The first-order chi connectivity index (χ1) is 21.2. The summed E-state index contributed by atoms with van der Waals surface area (Å²) in [4.78, 5) is 59.8. The molecule has 1 aromatic rings. The quantitative estimate of drug-likeness (QED) is 0.366. The number of benzene rings is 1. The fraction of sp³-hybridized carbons (Fsp3) is 0.588. The van der Waals surface area contributed by atoms with Gasteiger partial charge in [-0.15, -0.1) is 0 Å². The van der Waals surface area contributed by atoms with E-state index in [1.54, 1.807) is 17.9 Å². The minimum atomic E-state index is -1.45. The molecule has 4 aliphatic heterocycles. The Bertz CT molecular complexity index is 1390. The molecule has 2 fully saturated rings. The first kappa shape index (κ1) is 33.3. The Morgan fingerprint density at radius 1 is 1.07 bits per heavy atom. The number of cyclic esters (lactones) is 1. The second-order valence-corrected chi connectivity index (χ2v) is 14.7. The molecule has 0 unspecified atom stereocenters. The zero-order valence-corrected chi connectivity index (χ0v) is 28.3. The lowest BCUT2D eigenvalue weighted by Gasteiger charge is -2.43. The summed E-state index contributed by atoms with van der Waals surface area (Å²) in [6.45, 7) is 11.2. The average Bonchev–Trinajstić information content (AvgIpc) is 3.56. The monoisotopic (exact) mass is 685 g/mol. The summed E-state index contributed by atoms with van der Waals surface area (Å²) in [5.41, 5.74) is -1.41. The van der Waals surface area contributed by atoms with Crippen LogP contribution in [-0.4, -0.2) is 87.1 Å². The highest BCUT2D eigenvalue weighted by molar-refractivity contribution is 9.11. The second-order valence-electron chi connectivity index (χ2n) is 13.8. The molecule has 0 aliphatic carbocycles. The largest absolute Gasteiger partial charge is 0.455 e. The molecule has 0 radical (unpaired) electrons. The summed E-state index contributed by atoms with van der Waals surface area (Å²) in [7, 11) is 0. The van der Waals surface area contributed by atoms with Crippen LogP contribution < -0.4 is 5.32 Å². The van der Waals surface area contributed by atoms with E-state index in [1.807, 2.05) is 77.1 Å². The molecule has 1 spiro atoms. The molecule has 8 atom stereocenters. The smallest absolute Gasteiger partial charge is 0.313 e. The maximum absolute atomic E-state index is 14.8. The van der Waals surface area contributed by atoms with Crippen LogP contribution in [0.3, 0.4) is 0 Å². The molecule has 3 amide bonds. The van der Waals surface area contributed by atoms with Crippen LogP contribution in [0.2, 0.25) is 0 Å². The Morgan fingerprint density at radius 3 is 2.38 bits per heavy atom. The Labute approximate surface area is 273 Å². The van der Waals surface area contributed by atoms with Crippen molar-refractivity contribution < 1.29 is 33.8 Å². The van der Waals surface area contributed by atoms with Gasteiger partial charge >= 0.3 is 5.97 Å². The van der Waals surface area contributed by atoms with Crippen molar-refractivity contribution in [2.45, 2.75) is 95.9 Å². The molecule has 4 aliphatic rings. The van der Waals surface area contributed by atoms with Crippen molar-refractivity contribution in [3.8, 4) is 0 Å². The number of carbonyl (C=O) groups is 4. The molecule has 244 valence electrons. The molecule has 5 rings (SSSR count). The number of ether oxygens (including phenoxy) is 2. The van der Waals surface area contributed by atoms with Gasteiger partial charge in [-0.1, -0.05) is 72.3 Å². The van der Waals surface area contributed by atoms with Gasteiger partial charge in [-0.05, 0) is 51.7 Å². The van der Waals surface area contributed by atoms with Gasteiger partial charge in [0, 0.05) is 23.0 Å². The third kappa shape index (κ3) is 5.87. The Morgan fingerprint density at radius 2 is 1.76 bits per heavy atom. The van der Waals surface area contributed by atoms with E-state index in [-0.39, 0.29) is 37.3 Å². The fourth-order valence-electron chi connectivity index (χ4n) is 7.24. The van der Waals surface area contributed by atoms with Crippen LogP contribution in [0.25, 0.3) is 0 Å². The number of esters is 1. The molecule has 5 bridgehead atoms. The lowest BCUT2D eigenvalue weighted by atomic mass is 9.74. The summed E-state index contributed by atoms with van der Waals surface area (Å²) >= 11 is 3.59. The number of aliphatic hydroxyl groups excluding tert-OH is 1. The standard InChI is InChI=1S/C34H44BrN3O7/c1-19(2)23(18-39)38-29-31(42)37(33(4,5)6)16-12-8-11-15-24(40)36-20(3)27(21-13-9-7-10-14-21)44-32(43)25-26(30(38)41)34(29)17-22(35)28(25)45-34/h7-10,12-14,17,19-20,23,25-29,39H,11,15-16,18H2,1-6H3,(H,36,40)/b12-8-/t20-,23-,25+,26-,27+,28+,29+,34-/m0/s1. The van der Waals surface area contributed by atoms with E-state index >= 15 is 0 Å². The molecule has 0 aromatic heterocycles. The maximum Gasteiger partial charge on any atom is 0.313 e. The molecule has 1 aromatic carbocycles. The number of aliphatic hydroxyl groups is 1. The van der Waals surface area contributed by atoms with E-state index < -0.39 is 65.2 Å². The summed E-state index contributed by atoms with van der Waals surface area (Å²) < 4.78 is 13.4. The van der Waals surface area contributed by atoms with Crippen LogP contribution in [0.4, 0.5) is 0 Å². The van der Waals surface area contributed by atoms with E-state index in [4.69, 9.17) is 9.47 Å². The number of carbonyl (C=O) groups excluding carboxylic acids is 4. The highest BCUT2D eigenvalue weighted by Crippen LogP contribution is 2.59. The van der Waals surface area contributed by atoms with Gasteiger partial charge in [0.15, 0.2) is 0 Å². The number of hydrogen-bond donors (Lipinski definition) is 2. The van der Waals surface area contributed by atoms with Crippen molar-refractivity contribution in [2.75, 3.05) is 13.2 Å². The first-order valence-electron chi connectivity index (χ1n) is 15.7. The third-order valence-corrected chi connectivity index (χ3v) is 10.1. The molecule has 45 heavy (non-hydrogen) atoms. The molecule has 0 saturated carbocycles. The van der Waals surface area contributed by atoms with Crippen LogP contribution in [0.5, 0.6) is 0 Å². The van der Waals surface area contributed by atoms with Gasteiger partial charge in [-0.3, -0.25) is 19.2 Å². The number of likely N-dealkylation sites (tertiary alicyclic amines) is 1. The first-order valence-corrected chi connectivity index (χ1v) is 16.5. The lowest BCUT2D eigenvalue weighted by molar-refractivity contribution is -0.162. The Balaban J connectivity index is 1.66. The lowest BCUT2D eigenvalue weighted by Crippen LogP contribution is -2.62. The topological polar surface area (TPSA) is 125 Å². The summed E-state index contributed by atoms with van der Waals surface area (Å²) in [6, 6.07) is 6.78. The number of nitrogens with one attached hydrogen (secondary N) is 1. The van der Waals surface area contributed by atoms with Gasteiger partial charge in [-0.25, -0.2) is 0 Å². The highest BCUT2D eigenvalue weighted by Gasteiger charge is 2.75. The Kier molecular flexibility index (Phi) is 9.37. The summed E-state index contributed by atoms with van der Waals surface area (Å²) in [5, 5.41) is 13.5. The zero-order valence-electron chi connectivity index (χ0n) is 26.7. The van der Waals surface area contributed by atoms with Gasteiger partial charge in [0.2, 0.25) is 17.7 Å². The van der Waals surface area contributed by atoms with E-state index in [1.165, 1.54) is 4.90 Å². The van der Waals surface area contributed by atoms with E-state index in [0.29, 0.717) is 16.5 Å². The normalized spacial score (nSPS) is 34.0. The SMILES string of the molecule is CC(C)[C@H](CO)N1C(=O)[C@@H]2[C@H]3C(=O)O[C@@H](c4ccccc4)[C@H](C)NC(=O)CC/C=C\CN(C(C)(C)C)C(=O)[C@@H]1[C@]21C=C(Br)[C@H]3O1. The minimum Gasteiger partial charge on any atom is -0.455 e. The molecule has 11 heteroatoms. The van der Waals surface area contributed by atoms with Crippen LogP contribution in [0.15, 0.2) is 53.0 Å². The van der Waals surface area contributed by atoms with Crippen molar-refractivity contribution in [3.63, 3.8) is 0 Å². The predicted molar refractivity (Wildman–Crippen MR) is 171 cm³/mol. The fourth-order valence-corrected chi connectivity index (χ4v) is 7.98. The van der Waals surface area contributed by atoms with Crippen LogP contribution >= 0.6 is 15.9 Å². The van der Waals surface area contributed by atoms with Gasteiger partial charge in [0.05, 0.1) is 24.6 Å². The molecule has 4 heterocycles. The number of nitrogens with zero attached hydrogens (tertiary/aromatic N) is 2. The minimum absolute atomic E-state index is 0.188.